The van der Waals surface area contributed by atoms with E-state index in [0.29, 0.717) is 5.56 Å². The van der Waals surface area contributed by atoms with Gasteiger partial charge in [-0.05, 0) is 40.3 Å². The van der Waals surface area contributed by atoms with Crippen molar-refractivity contribution >= 4 is 18.0 Å². The van der Waals surface area contributed by atoms with Crippen molar-refractivity contribution in [2.45, 2.75) is 38.3 Å². The van der Waals surface area contributed by atoms with E-state index < -0.39 is 18.1 Å². The minimum Gasteiger partial charge on any atom is -0.481 e. The Labute approximate surface area is 204 Å². The number of carbonyl (C=O) groups is 3. The molecule has 0 spiro atoms. The number of alkyl carbamates (subject to hydrolysis) is 1. The number of rotatable bonds is 9. The molecule has 3 aromatic carbocycles. The number of amides is 2. The van der Waals surface area contributed by atoms with Crippen molar-refractivity contribution in [3.8, 4) is 11.1 Å². The first-order valence-electron chi connectivity index (χ1n) is 11.6. The van der Waals surface area contributed by atoms with E-state index in [1.807, 2.05) is 24.3 Å². The Hall–Kier alpha value is -4.13. The summed E-state index contributed by atoms with van der Waals surface area (Å²) in [6.07, 6.45) is -0.601. The molecule has 0 heterocycles. The van der Waals surface area contributed by atoms with E-state index in [2.05, 4.69) is 34.9 Å². The minimum absolute atomic E-state index is 0.0300. The van der Waals surface area contributed by atoms with Gasteiger partial charge in [0.25, 0.3) is 0 Å². The van der Waals surface area contributed by atoms with E-state index in [-0.39, 0.29) is 37.8 Å². The maximum atomic E-state index is 12.4. The normalized spacial score (nSPS) is 12.8. The van der Waals surface area contributed by atoms with Crippen LogP contribution in [0.15, 0.2) is 72.8 Å². The van der Waals surface area contributed by atoms with Gasteiger partial charge in [0.15, 0.2) is 0 Å². The van der Waals surface area contributed by atoms with Crippen LogP contribution in [-0.4, -0.2) is 35.7 Å². The lowest BCUT2D eigenvalue weighted by Crippen LogP contribution is -2.38. The van der Waals surface area contributed by atoms with Crippen LogP contribution in [0.25, 0.3) is 11.1 Å². The molecule has 0 aromatic heterocycles. The van der Waals surface area contributed by atoms with Gasteiger partial charge >= 0.3 is 12.1 Å². The number of hydrogen-bond acceptors (Lipinski definition) is 4. The monoisotopic (exact) mass is 472 g/mol. The zero-order chi connectivity index (χ0) is 24.8. The van der Waals surface area contributed by atoms with Gasteiger partial charge in [0.1, 0.15) is 6.61 Å². The predicted octanol–water partition coefficient (Wildman–Crippen LogP) is 4.25. The molecule has 2 amide bonds. The van der Waals surface area contributed by atoms with Gasteiger partial charge in [-0.15, -0.1) is 0 Å². The SMILES string of the molecule is C[C@H](CC(=O)NCc1ccccc1CC(=O)O)NC(=O)OCC1c2ccccc2-c2ccccc21. The Kier molecular flexibility index (Phi) is 7.45. The van der Waals surface area contributed by atoms with Crippen molar-refractivity contribution in [2.24, 2.45) is 0 Å². The van der Waals surface area contributed by atoms with Crippen LogP contribution in [0, 0.1) is 0 Å². The zero-order valence-corrected chi connectivity index (χ0v) is 19.5. The largest absolute Gasteiger partial charge is 0.481 e. The van der Waals surface area contributed by atoms with Crippen molar-refractivity contribution < 1.29 is 24.2 Å². The van der Waals surface area contributed by atoms with Crippen LogP contribution in [0.3, 0.4) is 0 Å². The summed E-state index contributed by atoms with van der Waals surface area (Å²) in [6, 6.07) is 22.9. The maximum Gasteiger partial charge on any atom is 0.407 e. The third-order valence-corrected chi connectivity index (χ3v) is 6.14. The molecule has 35 heavy (non-hydrogen) atoms. The lowest BCUT2D eigenvalue weighted by molar-refractivity contribution is -0.136. The Morgan fingerprint density at radius 3 is 2.09 bits per heavy atom. The summed E-state index contributed by atoms with van der Waals surface area (Å²) >= 11 is 0. The summed E-state index contributed by atoms with van der Waals surface area (Å²) in [5, 5.41) is 14.6. The fraction of sp³-hybridized carbons (Fsp3) is 0.250. The highest BCUT2D eigenvalue weighted by Gasteiger charge is 2.29. The molecule has 1 aliphatic rings. The summed E-state index contributed by atoms with van der Waals surface area (Å²) in [6.45, 7) is 2.17. The van der Waals surface area contributed by atoms with Gasteiger partial charge in [-0.1, -0.05) is 72.8 Å². The van der Waals surface area contributed by atoms with Gasteiger partial charge in [0, 0.05) is 24.9 Å². The molecule has 1 aliphatic carbocycles. The highest BCUT2D eigenvalue weighted by molar-refractivity contribution is 5.79. The standard InChI is InChI=1S/C28H28N2O5/c1-18(14-26(31)29-16-20-9-3-2-8-19(20)15-27(32)33)30-28(34)35-17-25-23-12-6-4-10-21(23)22-11-5-7-13-24(22)25/h2-13,18,25H,14-17H2,1H3,(H,29,31)(H,30,34)(H,32,33)/t18-/m1/s1. The van der Waals surface area contributed by atoms with Gasteiger partial charge < -0.3 is 20.5 Å². The number of carboxylic acids is 1. The second-order valence-electron chi connectivity index (χ2n) is 8.69. The van der Waals surface area contributed by atoms with Crippen LogP contribution in [0.5, 0.6) is 0 Å². The van der Waals surface area contributed by atoms with E-state index >= 15 is 0 Å². The lowest BCUT2D eigenvalue weighted by atomic mass is 9.98. The molecule has 3 N–H and O–H groups in total. The summed E-state index contributed by atoms with van der Waals surface area (Å²) in [5.41, 5.74) is 6.00. The molecule has 7 nitrogen and oxygen atoms in total. The Morgan fingerprint density at radius 2 is 1.46 bits per heavy atom. The number of aliphatic carboxylic acids is 1. The molecule has 0 radical (unpaired) electrons. The molecule has 0 aliphatic heterocycles. The van der Waals surface area contributed by atoms with E-state index in [4.69, 9.17) is 9.84 Å². The zero-order valence-electron chi connectivity index (χ0n) is 19.5. The fourth-order valence-corrected chi connectivity index (χ4v) is 4.50. The summed E-state index contributed by atoms with van der Waals surface area (Å²) < 4.78 is 5.54. The van der Waals surface area contributed by atoms with E-state index in [1.165, 1.54) is 0 Å². The third-order valence-electron chi connectivity index (χ3n) is 6.14. The van der Waals surface area contributed by atoms with Crippen LogP contribution >= 0.6 is 0 Å². The lowest BCUT2D eigenvalue weighted by Gasteiger charge is -2.17. The van der Waals surface area contributed by atoms with E-state index in [9.17, 15) is 14.4 Å². The predicted molar refractivity (Wildman–Crippen MR) is 132 cm³/mol. The van der Waals surface area contributed by atoms with Gasteiger partial charge in [0.05, 0.1) is 6.42 Å². The highest BCUT2D eigenvalue weighted by atomic mass is 16.5. The molecule has 7 heteroatoms. The van der Waals surface area contributed by atoms with E-state index in [0.717, 1.165) is 27.8 Å². The number of carbonyl (C=O) groups excluding carboxylic acids is 2. The molecule has 0 bridgehead atoms. The summed E-state index contributed by atoms with van der Waals surface area (Å²) in [7, 11) is 0. The topological polar surface area (TPSA) is 105 Å². The van der Waals surface area contributed by atoms with Crippen molar-refractivity contribution in [3.05, 3.63) is 95.1 Å². The van der Waals surface area contributed by atoms with Crippen molar-refractivity contribution in [1.82, 2.24) is 10.6 Å². The highest BCUT2D eigenvalue weighted by Crippen LogP contribution is 2.44. The molecular weight excluding hydrogens is 444 g/mol. The summed E-state index contributed by atoms with van der Waals surface area (Å²) in [4.78, 5) is 35.8. The molecule has 1 atom stereocenters. The van der Waals surface area contributed by atoms with Gasteiger partial charge in [-0.2, -0.15) is 0 Å². The summed E-state index contributed by atoms with van der Waals surface area (Å²) in [5.74, 6) is -1.20. The number of ether oxygens (including phenoxy) is 1. The first-order valence-corrected chi connectivity index (χ1v) is 11.6. The molecular formula is C28H28N2O5. The van der Waals surface area contributed by atoms with Crippen LogP contribution in [0.2, 0.25) is 0 Å². The van der Waals surface area contributed by atoms with Crippen LogP contribution in [-0.2, 0) is 27.3 Å². The molecule has 0 saturated carbocycles. The molecule has 0 fully saturated rings. The van der Waals surface area contributed by atoms with Gasteiger partial charge in [-0.25, -0.2) is 4.79 Å². The molecule has 0 saturated heterocycles. The quantitative estimate of drug-likeness (QED) is 0.432. The van der Waals surface area contributed by atoms with Crippen molar-refractivity contribution in [1.29, 1.82) is 0 Å². The molecule has 0 unspecified atom stereocenters. The third kappa shape index (κ3) is 5.87. The number of benzene rings is 3. The number of fused-ring (bicyclic) bond motifs is 3. The first-order chi connectivity index (χ1) is 16.9. The number of carboxylic acid groups (broad SMARTS) is 1. The smallest absolute Gasteiger partial charge is 0.407 e. The van der Waals surface area contributed by atoms with Gasteiger partial charge in [0.2, 0.25) is 5.91 Å². The van der Waals surface area contributed by atoms with E-state index in [1.54, 1.807) is 31.2 Å². The minimum atomic E-state index is -0.926. The first kappa shape index (κ1) is 24.0. The van der Waals surface area contributed by atoms with Crippen molar-refractivity contribution in [2.75, 3.05) is 6.61 Å². The molecule has 180 valence electrons. The van der Waals surface area contributed by atoms with Crippen LogP contribution in [0.4, 0.5) is 4.79 Å². The second kappa shape index (κ2) is 10.9. The Bertz CT molecular complexity index is 1190. The Morgan fingerprint density at radius 1 is 0.886 bits per heavy atom. The number of nitrogens with one attached hydrogen (secondary N) is 2. The van der Waals surface area contributed by atoms with Crippen LogP contribution < -0.4 is 10.6 Å². The Balaban J connectivity index is 1.26. The fourth-order valence-electron chi connectivity index (χ4n) is 4.50. The average molecular weight is 473 g/mol. The second-order valence-corrected chi connectivity index (χ2v) is 8.69. The van der Waals surface area contributed by atoms with Crippen LogP contribution in [0.1, 0.15) is 41.5 Å². The maximum absolute atomic E-state index is 12.4. The molecule has 3 aromatic rings. The molecule has 4 rings (SSSR count). The number of hydrogen-bond donors (Lipinski definition) is 3. The average Bonchev–Trinajstić information content (AvgIpc) is 3.15. The van der Waals surface area contributed by atoms with Gasteiger partial charge in [-0.3, -0.25) is 9.59 Å². The van der Waals surface area contributed by atoms with Crippen molar-refractivity contribution in [3.63, 3.8) is 0 Å².